The van der Waals surface area contributed by atoms with Crippen molar-refractivity contribution in [1.29, 1.82) is 0 Å². The highest BCUT2D eigenvalue weighted by Crippen LogP contribution is 2.00. The van der Waals surface area contributed by atoms with Gasteiger partial charge >= 0.3 is 5.97 Å². The summed E-state index contributed by atoms with van der Waals surface area (Å²) < 4.78 is 9.94. The van der Waals surface area contributed by atoms with E-state index in [4.69, 9.17) is 20.3 Å². The minimum Gasteiger partial charge on any atom is -0.481 e. The van der Waals surface area contributed by atoms with Crippen molar-refractivity contribution in [2.45, 2.75) is 38.1 Å². The molecule has 0 heterocycles. The normalized spacial score (nSPS) is 14.4. The van der Waals surface area contributed by atoms with Gasteiger partial charge in [0.1, 0.15) is 0 Å². The molecule has 1 amide bonds. The van der Waals surface area contributed by atoms with Crippen molar-refractivity contribution in [1.82, 2.24) is 5.32 Å². The van der Waals surface area contributed by atoms with Crippen molar-refractivity contribution in [2.75, 3.05) is 14.2 Å². The molecule has 0 aliphatic heterocycles. The second kappa shape index (κ2) is 7.99. The molecule has 2 atom stereocenters. The number of nitrogens with two attached hydrogens (primary N) is 1. The van der Waals surface area contributed by atoms with Gasteiger partial charge in [-0.1, -0.05) is 0 Å². The predicted octanol–water partition coefficient (Wildman–Crippen LogP) is -0.698. The van der Waals surface area contributed by atoms with E-state index in [-0.39, 0.29) is 18.9 Å². The fraction of sp³-hybridized carbons (Fsp3) is 0.800. The van der Waals surface area contributed by atoms with Gasteiger partial charge in [-0.3, -0.25) is 9.59 Å². The third-order valence-electron chi connectivity index (χ3n) is 2.25. The fourth-order valence-corrected chi connectivity index (χ4v) is 1.31. The molecule has 0 saturated carbocycles. The van der Waals surface area contributed by atoms with Gasteiger partial charge in [0.15, 0.2) is 6.29 Å². The molecule has 0 spiro atoms. The number of hydrogen-bond donors (Lipinski definition) is 3. The van der Waals surface area contributed by atoms with Crippen LogP contribution in [0.5, 0.6) is 0 Å². The molecule has 0 fully saturated rings. The van der Waals surface area contributed by atoms with Crippen molar-refractivity contribution in [3.63, 3.8) is 0 Å². The smallest absolute Gasteiger partial charge is 0.303 e. The molecule has 0 aliphatic carbocycles. The van der Waals surface area contributed by atoms with Crippen molar-refractivity contribution in [3.8, 4) is 0 Å². The third kappa shape index (κ3) is 6.20. The fourth-order valence-electron chi connectivity index (χ4n) is 1.31. The zero-order valence-electron chi connectivity index (χ0n) is 10.3. The Labute approximate surface area is 100 Å². The number of ether oxygens (including phenoxy) is 2. The topological polar surface area (TPSA) is 111 Å². The minimum atomic E-state index is -0.979. The van der Waals surface area contributed by atoms with Crippen LogP contribution in [0, 0.1) is 0 Å². The summed E-state index contributed by atoms with van der Waals surface area (Å²) in [5, 5.41) is 11.1. The molecule has 100 valence electrons. The van der Waals surface area contributed by atoms with Gasteiger partial charge in [0.05, 0.1) is 12.1 Å². The van der Waals surface area contributed by atoms with E-state index in [0.29, 0.717) is 0 Å². The number of methoxy groups -OCH3 is 2. The van der Waals surface area contributed by atoms with Crippen LogP contribution in [0.2, 0.25) is 0 Å². The number of hydrogen-bond acceptors (Lipinski definition) is 5. The molecule has 0 aromatic carbocycles. The lowest BCUT2D eigenvalue weighted by atomic mass is 10.1. The summed E-state index contributed by atoms with van der Waals surface area (Å²) in [4.78, 5) is 21.9. The van der Waals surface area contributed by atoms with Gasteiger partial charge in [-0.15, -0.1) is 0 Å². The summed E-state index contributed by atoms with van der Waals surface area (Å²) in [5.41, 5.74) is 5.54. The average Bonchev–Trinajstić information content (AvgIpc) is 2.27. The molecule has 0 aromatic heterocycles. The quantitative estimate of drug-likeness (QED) is 0.490. The van der Waals surface area contributed by atoms with E-state index in [2.05, 4.69) is 5.32 Å². The van der Waals surface area contributed by atoms with Crippen LogP contribution in [0.25, 0.3) is 0 Å². The van der Waals surface area contributed by atoms with Crippen molar-refractivity contribution < 1.29 is 24.2 Å². The Kier molecular flexibility index (Phi) is 7.44. The molecule has 0 bridgehead atoms. The average molecular weight is 248 g/mol. The molecule has 4 N–H and O–H groups in total. The predicted molar refractivity (Wildman–Crippen MR) is 60.3 cm³/mol. The Morgan fingerprint density at radius 3 is 2.29 bits per heavy atom. The number of carboxylic acid groups (broad SMARTS) is 1. The number of carbonyl (C=O) groups is 2. The third-order valence-corrected chi connectivity index (χ3v) is 2.25. The SMILES string of the molecule is COC(OC)C(C)NC(=O)C(N)CCC(=O)O. The maximum Gasteiger partial charge on any atom is 0.303 e. The van der Waals surface area contributed by atoms with Crippen LogP contribution < -0.4 is 11.1 Å². The molecular weight excluding hydrogens is 228 g/mol. The first-order chi connectivity index (χ1) is 7.92. The van der Waals surface area contributed by atoms with E-state index < -0.39 is 24.2 Å². The molecule has 0 aliphatic rings. The van der Waals surface area contributed by atoms with Crippen LogP contribution in [0.1, 0.15) is 19.8 Å². The number of rotatable bonds is 8. The standard InChI is InChI=1S/C10H20N2O5/c1-6(10(16-2)17-3)12-9(15)7(11)4-5-8(13)14/h6-7,10H,4-5,11H2,1-3H3,(H,12,15)(H,13,14). The monoisotopic (exact) mass is 248 g/mol. The van der Waals surface area contributed by atoms with Crippen LogP contribution in [0.15, 0.2) is 0 Å². The van der Waals surface area contributed by atoms with Gasteiger partial charge < -0.3 is 25.6 Å². The first-order valence-corrected chi connectivity index (χ1v) is 5.25. The number of nitrogens with one attached hydrogen (secondary N) is 1. The highest BCUT2D eigenvalue weighted by Gasteiger charge is 2.21. The van der Waals surface area contributed by atoms with Crippen LogP contribution in [-0.4, -0.2) is 49.6 Å². The summed E-state index contributed by atoms with van der Waals surface area (Å²) in [5.74, 6) is -1.40. The molecule has 0 saturated heterocycles. The number of carbonyl (C=O) groups excluding carboxylic acids is 1. The summed E-state index contributed by atoms with van der Waals surface area (Å²) in [7, 11) is 2.92. The molecule has 7 nitrogen and oxygen atoms in total. The van der Waals surface area contributed by atoms with E-state index in [9.17, 15) is 9.59 Å². The van der Waals surface area contributed by atoms with E-state index in [1.165, 1.54) is 14.2 Å². The zero-order chi connectivity index (χ0) is 13.4. The van der Waals surface area contributed by atoms with E-state index in [1.807, 2.05) is 0 Å². The number of carboxylic acids is 1. The summed E-state index contributed by atoms with van der Waals surface area (Å²) in [6.07, 6.45) is -0.606. The molecule has 7 heteroatoms. The maximum absolute atomic E-state index is 11.6. The molecule has 0 rings (SSSR count). The second-order valence-corrected chi connectivity index (χ2v) is 3.68. The van der Waals surface area contributed by atoms with Crippen LogP contribution in [0.4, 0.5) is 0 Å². The van der Waals surface area contributed by atoms with Gasteiger partial charge in [0.2, 0.25) is 5.91 Å². The molecule has 0 radical (unpaired) electrons. The van der Waals surface area contributed by atoms with Crippen LogP contribution in [0.3, 0.4) is 0 Å². The van der Waals surface area contributed by atoms with Gasteiger partial charge in [-0.05, 0) is 13.3 Å². The largest absolute Gasteiger partial charge is 0.481 e. The Morgan fingerprint density at radius 2 is 1.88 bits per heavy atom. The summed E-state index contributed by atoms with van der Waals surface area (Å²) in [6.45, 7) is 1.71. The summed E-state index contributed by atoms with van der Waals surface area (Å²) >= 11 is 0. The van der Waals surface area contributed by atoms with E-state index in [0.717, 1.165) is 0 Å². The highest BCUT2D eigenvalue weighted by atomic mass is 16.7. The minimum absolute atomic E-state index is 0.0958. The van der Waals surface area contributed by atoms with Gasteiger partial charge in [0.25, 0.3) is 0 Å². The zero-order valence-corrected chi connectivity index (χ0v) is 10.3. The first-order valence-electron chi connectivity index (χ1n) is 5.25. The lowest BCUT2D eigenvalue weighted by molar-refractivity contribution is -0.138. The lowest BCUT2D eigenvalue weighted by Crippen LogP contribution is -2.49. The molecule has 0 aromatic rings. The lowest BCUT2D eigenvalue weighted by Gasteiger charge is -2.23. The van der Waals surface area contributed by atoms with Gasteiger partial charge in [-0.2, -0.15) is 0 Å². The second-order valence-electron chi connectivity index (χ2n) is 3.68. The van der Waals surface area contributed by atoms with Crippen molar-refractivity contribution in [3.05, 3.63) is 0 Å². The Morgan fingerprint density at radius 1 is 1.35 bits per heavy atom. The van der Waals surface area contributed by atoms with Gasteiger partial charge in [-0.25, -0.2) is 0 Å². The van der Waals surface area contributed by atoms with Crippen molar-refractivity contribution in [2.24, 2.45) is 5.73 Å². The van der Waals surface area contributed by atoms with Crippen LogP contribution >= 0.6 is 0 Å². The van der Waals surface area contributed by atoms with E-state index >= 15 is 0 Å². The molecule has 17 heavy (non-hydrogen) atoms. The van der Waals surface area contributed by atoms with Crippen LogP contribution in [-0.2, 0) is 19.1 Å². The Bertz CT molecular complexity index is 255. The maximum atomic E-state index is 11.6. The first kappa shape index (κ1) is 15.8. The van der Waals surface area contributed by atoms with Crippen molar-refractivity contribution >= 4 is 11.9 Å². The number of aliphatic carboxylic acids is 1. The molecular formula is C10H20N2O5. The Hall–Kier alpha value is -1.18. The van der Waals surface area contributed by atoms with Gasteiger partial charge in [0, 0.05) is 20.6 Å². The highest BCUT2D eigenvalue weighted by molar-refractivity contribution is 5.82. The number of amides is 1. The van der Waals surface area contributed by atoms with E-state index in [1.54, 1.807) is 6.92 Å². The molecule has 2 unspecified atom stereocenters. The Balaban J connectivity index is 4.10. The summed E-state index contributed by atoms with van der Waals surface area (Å²) in [6, 6.07) is -1.21.